The highest BCUT2D eigenvalue weighted by molar-refractivity contribution is 6.18. The molecule has 3 aromatic rings. The number of anilines is 5. The second-order valence-corrected chi connectivity index (χ2v) is 6.07. The van der Waals surface area contributed by atoms with E-state index in [4.69, 9.17) is 34.2 Å². The molecule has 0 radical (unpaired) electrons. The number of benzene rings is 2. The van der Waals surface area contributed by atoms with Crippen LogP contribution in [-0.4, -0.2) is 15.0 Å². The van der Waals surface area contributed by atoms with Crippen molar-refractivity contribution < 1.29 is 0 Å². The van der Waals surface area contributed by atoms with Crippen LogP contribution in [0, 0.1) is 11.3 Å². The Bertz CT molecular complexity index is 984. The lowest BCUT2D eigenvalue weighted by molar-refractivity contribution is 1.07. The van der Waals surface area contributed by atoms with Gasteiger partial charge in [0.05, 0.1) is 11.6 Å². The van der Waals surface area contributed by atoms with Crippen molar-refractivity contribution in [2.24, 2.45) is 0 Å². The molecule has 0 bridgehead atoms. The van der Waals surface area contributed by atoms with E-state index in [0.717, 1.165) is 22.5 Å². The van der Waals surface area contributed by atoms with Gasteiger partial charge < -0.3 is 16.4 Å². The summed E-state index contributed by atoms with van der Waals surface area (Å²) in [5.74, 6) is 1.34. The molecular formula is C18H15Cl2N7. The highest BCUT2D eigenvalue weighted by atomic mass is 35.5. The van der Waals surface area contributed by atoms with Crippen molar-refractivity contribution in [3.8, 4) is 6.07 Å². The van der Waals surface area contributed by atoms with Gasteiger partial charge in [0.2, 0.25) is 17.8 Å². The number of hydrogen-bond donors (Lipinski definition) is 3. The minimum Gasteiger partial charge on any atom is -0.368 e. The highest BCUT2D eigenvalue weighted by Crippen LogP contribution is 2.24. The van der Waals surface area contributed by atoms with E-state index >= 15 is 0 Å². The maximum atomic E-state index is 8.86. The van der Waals surface area contributed by atoms with Gasteiger partial charge in [0.15, 0.2) is 0 Å². The molecule has 9 heteroatoms. The average molecular weight is 400 g/mol. The van der Waals surface area contributed by atoms with E-state index in [1.165, 1.54) is 0 Å². The summed E-state index contributed by atoms with van der Waals surface area (Å²) < 4.78 is 0. The molecule has 0 aliphatic carbocycles. The molecule has 3 rings (SSSR count). The zero-order chi connectivity index (χ0) is 19.2. The van der Waals surface area contributed by atoms with E-state index in [0.29, 0.717) is 17.3 Å². The molecule has 0 saturated carbocycles. The Labute approximate surface area is 166 Å². The summed E-state index contributed by atoms with van der Waals surface area (Å²) in [5.41, 5.74) is 9.68. The normalized spacial score (nSPS) is 10.3. The van der Waals surface area contributed by atoms with Crippen LogP contribution in [0.1, 0.15) is 16.7 Å². The molecule has 7 nitrogen and oxygen atoms in total. The first kappa shape index (κ1) is 18.7. The molecule has 0 spiro atoms. The monoisotopic (exact) mass is 399 g/mol. The predicted molar refractivity (Wildman–Crippen MR) is 108 cm³/mol. The molecule has 0 unspecified atom stereocenters. The quantitative estimate of drug-likeness (QED) is 0.529. The maximum Gasteiger partial charge on any atom is 0.233 e. The van der Waals surface area contributed by atoms with Gasteiger partial charge in [-0.3, -0.25) is 0 Å². The zero-order valence-corrected chi connectivity index (χ0v) is 15.6. The third kappa shape index (κ3) is 4.76. The smallest absolute Gasteiger partial charge is 0.233 e. The van der Waals surface area contributed by atoms with Gasteiger partial charge in [0.1, 0.15) is 0 Å². The van der Waals surface area contributed by atoms with Gasteiger partial charge in [-0.2, -0.15) is 20.2 Å². The number of nitrogen functional groups attached to an aromatic ring is 1. The molecule has 4 N–H and O–H groups in total. The molecule has 0 aliphatic rings. The van der Waals surface area contributed by atoms with Crippen molar-refractivity contribution in [1.29, 1.82) is 5.26 Å². The Morgan fingerprint density at radius 3 is 2.26 bits per heavy atom. The molecular weight excluding hydrogens is 385 g/mol. The number of aromatic nitrogens is 3. The summed E-state index contributed by atoms with van der Waals surface area (Å²) in [7, 11) is 0. The van der Waals surface area contributed by atoms with Gasteiger partial charge in [-0.15, -0.1) is 23.2 Å². The molecule has 0 aliphatic heterocycles. The standard InChI is InChI=1S/C18H15Cl2N7/c19-8-12-3-6-15(13(7-12)9-20)24-18-26-16(22)25-17(27-18)23-14-4-1-11(10-21)2-5-14/h1-7H,8-9H2,(H4,22,23,24,25,26,27). The Kier molecular flexibility index (Phi) is 5.91. The SMILES string of the molecule is N#Cc1ccc(Nc2nc(N)nc(Nc3ccc(CCl)cc3CCl)n2)cc1. The largest absolute Gasteiger partial charge is 0.368 e. The average Bonchev–Trinajstić information content (AvgIpc) is 2.68. The minimum atomic E-state index is 0.0634. The number of nitrogens with two attached hydrogens (primary N) is 1. The number of halogens is 2. The Morgan fingerprint density at radius 1 is 0.926 bits per heavy atom. The van der Waals surface area contributed by atoms with Crippen LogP contribution in [-0.2, 0) is 11.8 Å². The molecule has 0 amide bonds. The van der Waals surface area contributed by atoms with Gasteiger partial charge in [-0.1, -0.05) is 12.1 Å². The van der Waals surface area contributed by atoms with Crippen LogP contribution < -0.4 is 16.4 Å². The summed E-state index contributed by atoms with van der Waals surface area (Å²) in [6.45, 7) is 0. The molecule has 0 atom stereocenters. The van der Waals surface area contributed by atoms with Crippen LogP contribution in [0.2, 0.25) is 0 Å². The maximum absolute atomic E-state index is 8.86. The fraction of sp³-hybridized carbons (Fsp3) is 0.111. The van der Waals surface area contributed by atoms with Crippen molar-refractivity contribution >= 4 is 52.4 Å². The van der Waals surface area contributed by atoms with Crippen LogP contribution >= 0.6 is 23.2 Å². The second-order valence-electron chi connectivity index (χ2n) is 5.54. The van der Waals surface area contributed by atoms with Gasteiger partial charge >= 0.3 is 0 Å². The van der Waals surface area contributed by atoms with Crippen LogP contribution in [0.5, 0.6) is 0 Å². The molecule has 0 fully saturated rings. The molecule has 0 saturated heterocycles. The fourth-order valence-electron chi connectivity index (χ4n) is 2.34. The lowest BCUT2D eigenvalue weighted by atomic mass is 10.1. The molecule has 27 heavy (non-hydrogen) atoms. The Morgan fingerprint density at radius 2 is 1.63 bits per heavy atom. The van der Waals surface area contributed by atoms with E-state index in [9.17, 15) is 0 Å². The van der Waals surface area contributed by atoms with Crippen LogP contribution in [0.25, 0.3) is 0 Å². The number of hydrogen-bond acceptors (Lipinski definition) is 7. The van der Waals surface area contributed by atoms with Crippen LogP contribution in [0.15, 0.2) is 42.5 Å². The summed E-state index contributed by atoms with van der Waals surface area (Å²) >= 11 is 11.9. The summed E-state index contributed by atoms with van der Waals surface area (Å²) in [4.78, 5) is 12.5. The third-order valence-corrected chi connectivity index (χ3v) is 4.23. The fourth-order valence-corrected chi connectivity index (χ4v) is 2.73. The topological polar surface area (TPSA) is 113 Å². The van der Waals surface area contributed by atoms with Crippen molar-refractivity contribution in [2.45, 2.75) is 11.8 Å². The van der Waals surface area contributed by atoms with Gasteiger partial charge in [-0.05, 0) is 41.5 Å². The zero-order valence-electron chi connectivity index (χ0n) is 14.1. The molecule has 1 heterocycles. The van der Waals surface area contributed by atoms with E-state index in [1.807, 2.05) is 18.2 Å². The highest BCUT2D eigenvalue weighted by Gasteiger charge is 2.09. The van der Waals surface area contributed by atoms with E-state index in [-0.39, 0.29) is 17.8 Å². The van der Waals surface area contributed by atoms with Gasteiger partial charge in [0.25, 0.3) is 0 Å². The first-order valence-electron chi connectivity index (χ1n) is 7.90. The number of nitrogens with zero attached hydrogens (tertiary/aromatic N) is 4. The summed E-state index contributed by atoms with van der Waals surface area (Å²) in [5, 5.41) is 15.0. The lowest BCUT2D eigenvalue weighted by Crippen LogP contribution is -2.07. The van der Waals surface area contributed by atoms with E-state index in [1.54, 1.807) is 24.3 Å². The lowest BCUT2D eigenvalue weighted by Gasteiger charge is -2.12. The number of nitrogens with one attached hydrogen (secondary N) is 2. The molecule has 1 aromatic heterocycles. The van der Waals surface area contributed by atoms with Crippen LogP contribution in [0.4, 0.5) is 29.2 Å². The van der Waals surface area contributed by atoms with Crippen molar-refractivity contribution in [1.82, 2.24) is 15.0 Å². The first-order valence-corrected chi connectivity index (χ1v) is 8.97. The molecule has 136 valence electrons. The second kappa shape index (κ2) is 8.54. The molecule has 2 aromatic carbocycles. The number of rotatable bonds is 6. The Hall–Kier alpha value is -3.08. The van der Waals surface area contributed by atoms with E-state index < -0.39 is 0 Å². The summed E-state index contributed by atoms with van der Waals surface area (Å²) in [6.07, 6.45) is 0. The van der Waals surface area contributed by atoms with Crippen LogP contribution in [0.3, 0.4) is 0 Å². The van der Waals surface area contributed by atoms with Crippen molar-refractivity contribution in [3.63, 3.8) is 0 Å². The van der Waals surface area contributed by atoms with E-state index in [2.05, 4.69) is 31.7 Å². The van der Waals surface area contributed by atoms with Crippen molar-refractivity contribution in [3.05, 3.63) is 59.2 Å². The third-order valence-electron chi connectivity index (χ3n) is 3.64. The predicted octanol–water partition coefficient (Wildman–Crippen LogP) is 4.29. The van der Waals surface area contributed by atoms with Gasteiger partial charge in [0, 0.05) is 23.1 Å². The number of nitriles is 1. The van der Waals surface area contributed by atoms with Gasteiger partial charge in [-0.25, -0.2) is 0 Å². The summed E-state index contributed by atoms with van der Waals surface area (Å²) in [6, 6.07) is 14.6. The minimum absolute atomic E-state index is 0.0634. The first-order chi connectivity index (χ1) is 13.1. The van der Waals surface area contributed by atoms with Crippen molar-refractivity contribution in [2.75, 3.05) is 16.4 Å². The number of alkyl halides is 2. The Balaban J connectivity index is 1.84.